The summed E-state index contributed by atoms with van der Waals surface area (Å²) in [5.74, 6) is 0. The van der Waals surface area contributed by atoms with E-state index in [2.05, 4.69) is 4.98 Å². The third-order valence-corrected chi connectivity index (χ3v) is 2.75. The van der Waals surface area contributed by atoms with Gasteiger partial charge in [0.15, 0.2) is 0 Å². The van der Waals surface area contributed by atoms with Crippen molar-refractivity contribution in [1.82, 2.24) is 9.88 Å². The molecule has 0 saturated carbocycles. The molecule has 0 aliphatic carbocycles. The highest BCUT2D eigenvalue weighted by Gasteiger charge is 2.20. The van der Waals surface area contributed by atoms with Crippen LogP contribution in [0.25, 0.3) is 0 Å². The minimum absolute atomic E-state index is 0.343. The zero-order valence-electron chi connectivity index (χ0n) is 12.2. The number of hydrogen-bond donors (Lipinski definition) is 0. The molecule has 0 aromatic carbocycles. The average molecular weight is 285 g/mol. The number of hydrogen-bond acceptors (Lipinski definition) is 3. The molecule has 0 spiro atoms. The first-order valence-corrected chi connectivity index (χ1v) is 6.68. The van der Waals surface area contributed by atoms with Crippen LogP contribution < -0.4 is 0 Å². The van der Waals surface area contributed by atoms with Gasteiger partial charge >= 0.3 is 6.09 Å². The maximum atomic E-state index is 11.9. The van der Waals surface area contributed by atoms with Crippen molar-refractivity contribution in [3.63, 3.8) is 0 Å². The van der Waals surface area contributed by atoms with Crippen LogP contribution in [0.15, 0.2) is 12.3 Å². The number of aromatic nitrogens is 1. The summed E-state index contributed by atoms with van der Waals surface area (Å²) < 4.78 is 5.31. The van der Waals surface area contributed by atoms with E-state index in [-0.39, 0.29) is 6.09 Å². The molecule has 0 aliphatic rings. The molecule has 1 aromatic rings. The molecule has 1 aromatic heterocycles. The van der Waals surface area contributed by atoms with Crippen LogP contribution in [0.4, 0.5) is 4.79 Å². The molecule has 0 fully saturated rings. The Morgan fingerprint density at radius 2 is 2.05 bits per heavy atom. The number of nitrogens with zero attached hydrogens (tertiary/aromatic N) is 2. The number of halogens is 1. The summed E-state index contributed by atoms with van der Waals surface area (Å²) >= 11 is 5.87. The first-order chi connectivity index (χ1) is 8.73. The summed E-state index contributed by atoms with van der Waals surface area (Å²) in [6, 6.07) is 1.83. The van der Waals surface area contributed by atoms with Crippen LogP contribution in [0.2, 0.25) is 5.15 Å². The number of amides is 1. The van der Waals surface area contributed by atoms with E-state index in [1.807, 2.05) is 33.8 Å². The number of ether oxygens (including phenoxy) is 1. The van der Waals surface area contributed by atoms with Gasteiger partial charge in [-0.3, -0.25) is 0 Å². The first kappa shape index (κ1) is 15.8. The van der Waals surface area contributed by atoms with Gasteiger partial charge in [-0.25, -0.2) is 9.78 Å². The van der Waals surface area contributed by atoms with Crippen molar-refractivity contribution < 1.29 is 9.53 Å². The maximum absolute atomic E-state index is 11.9. The third-order valence-electron chi connectivity index (χ3n) is 2.54. The van der Waals surface area contributed by atoms with Gasteiger partial charge in [0.05, 0.1) is 6.54 Å². The van der Waals surface area contributed by atoms with E-state index in [1.54, 1.807) is 13.2 Å². The SMILES string of the molecule is CCc1cc(Cl)ncc1CN(C)C(=O)OC(C)(C)C. The lowest BCUT2D eigenvalue weighted by Crippen LogP contribution is -2.34. The van der Waals surface area contributed by atoms with Gasteiger partial charge in [0.1, 0.15) is 10.8 Å². The molecule has 5 heteroatoms. The molecule has 106 valence electrons. The minimum atomic E-state index is -0.489. The standard InChI is InChI=1S/C14H21ClN2O2/c1-6-10-7-12(15)16-8-11(10)9-17(5)13(18)19-14(2,3)4/h7-8H,6,9H2,1-5H3. The van der Waals surface area contributed by atoms with Crippen LogP contribution in [-0.2, 0) is 17.7 Å². The molecule has 0 aliphatic heterocycles. The summed E-state index contributed by atoms with van der Waals surface area (Å²) in [4.78, 5) is 17.5. The lowest BCUT2D eigenvalue weighted by atomic mass is 10.1. The van der Waals surface area contributed by atoms with Gasteiger partial charge < -0.3 is 9.64 Å². The fourth-order valence-electron chi connectivity index (χ4n) is 1.63. The monoisotopic (exact) mass is 284 g/mol. The summed E-state index contributed by atoms with van der Waals surface area (Å²) in [6.45, 7) is 8.05. The maximum Gasteiger partial charge on any atom is 0.410 e. The van der Waals surface area contributed by atoms with E-state index in [1.165, 1.54) is 4.90 Å². The number of carbonyl (C=O) groups is 1. The molecule has 1 amide bonds. The third kappa shape index (κ3) is 5.07. The summed E-state index contributed by atoms with van der Waals surface area (Å²) in [6.07, 6.45) is 2.21. The van der Waals surface area contributed by atoms with Gasteiger partial charge in [0.25, 0.3) is 0 Å². The molecular weight excluding hydrogens is 264 g/mol. The minimum Gasteiger partial charge on any atom is -0.444 e. The molecule has 4 nitrogen and oxygen atoms in total. The summed E-state index contributed by atoms with van der Waals surface area (Å²) in [5, 5.41) is 0.473. The number of carbonyl (C=O) groups excluding carboxylic acids is 1. The van der Waals surface area contributed by atoms with Crippen molar-refractivity contribution in [2.75, 3.05) is 7.05 Å². The molecule has 0 saturated heterocycles. The van der Waals surface area contributed by atoms with Gasteiger partial charge in [-0.05, 0) is 44.4 Å². The van der Waals surface area contributed by atoms with E-state index < -0.39 is 5.60 Å². The molecule has 0 atom stereocenters. The van der Waals surface area contributed by atoms with Crippen LogP contribution in [0.5, 0.6) is 0 Å². The Labute approximate surface area is 119 Å². The van der Waals surface area contributed by atoms with Crippen molar-refractivity contribution in [1.29, 1.82) is 0 Å². The molecular formula is C14H21ClN2O2. The first-order valence-electron chi connectivity index (χ1n) is 6.30. The Kier molecular flexibility index (Phi) is 5.18. The molecule has 1 heterocycles. The second kappa shape index (κ2) is 6.24. The lowest BCUT2D eigenvalue weighted by molar-refractivity contribution is 0.0284. The van der Waals surface area contributed by atoms with E-state index >= 15 is 0 Å². The van der Waals surface area contributed by atoms with Gasteiger partial charge in [0.2, 0.25) is 0 Å². The summed E-state index contributed by atoms with van der Waals surface area (Å²) in [7, 11) is 1.71. The van der Waals surface area contributed by atoms with Crippen molar-refractivity contribution in [3.05, 3.63) is 28.5 Å². The Morgan fingerprint density at radius 3 is 2.58 bits per heavy atom. The number of aryl methyl sites for hydroxylation is 1. The Balaban J connectivity index is 2.76. The predicted octanol–water partition coefficient (Wildman–Crippen LogP) is 3.66. The fourth-order valence-corrected chi connectivity index (χ4v) is 1.81. The van der Waals surface area contributed by atoms with Crippen molar-refractivity contribution in [2.45, 2.75) is 46.3 Å². The number of rotatable bonds is 3. The summed E-state index contributed by atoms with van der Waals surface area (Å²) in [5.41, 5.74) is 1.59. The second-order valence-corrected chi connectivity index (χ2v) is 5.85. The zero-order valence-corrected chi connectivity index (χ0v) is 12.9. The topological polar surface area (TPSA) is 42.4 Å². The normalized spacial score (nSPS) is 11.3. The largest absolute Gasteiger partial charge is 0.444 e. The van der Waals surface area contributed by atoms with Gasteiger partial charge in [-0.2, -0.15) is 0 Å². The van der Waals surface area contributed by atoms with Crippen molar-refractivity contribution >= 4 is 17.7 Å². The molecule has 0 bridgehead atoms. The Hall–Kier alpha value is -1.29. The average Bonchev–Trinajstić information content (AvgIpc) is 2.29. The second-order valence-electron chi connectivity index (χ2n) is 5.47. The predicted molar refractivity (Wildman–Crippen MR) is 76.3 cm³/mol. The van der Waals surface area contributed by atoms with Crippen molar-refractivity contribution in [3.8, 4) is 0 Å². The highest BCUT2D eigenvalue weighted by atomic mass is 35.5. The number of pyridine rings is 1. The Bertz CT molecular complexity index is 455. The van der Waals surface area contributed by atoms with E-state index in [4.69, 9.17) is 16.3 Å². The fraction of sp³-hybridized carbons (Fsp3) is 0.571. The van der Waals surface area contributed by atoms with E-state index in [9.17, 15) is 4.79 Å². The molecule has 19 heavy (non-hydrogen) atoms. The molecule has 0 N–H and O–H groups in total. The van der Waals surface area contributed by atoms with Gasteiger partial charge in [0, 0.05) is 13.2 Å². The lowest BCUT2D eigenvalue weighted by Gasteiger charge is -2.25. The highest BCUT2D eigenvalue weighted by molar-refractivity contribution is 6.29. The van der Waals surface area contributed by atoms with Crippen LogP contribution in [0.1, 0.15) is 38.8 Å². The van der Waals surface area contributed by atoms with Crippen LogP contribution in [-0.4, -0.2) is 28.6 Å². The smallest absolute Gasteiger partial charge is 0.410 e. The van der Waals surface area contributed by atoms with Gasteiger partial charge in [-0.15, -0.1) is 0 Å². The highest BCUT2D eigenvalue weighted by Crippen LogP contribution is 2.17. The molecule has 1 rings (SSSR count). The van der Waals surface area contributed by atoms with E-state index in [0.29, 0.717) is 11.7 Å². The van der Waals surface area contributed by atoms with Crippen LogP contribution in [0.3, 0.4) is 0 Å². The van der Waals surface area contributed by atoms with Crippen LogP contribution >= 0.6 is 11.6 Å². The molecule has 0 radical (unpaired) electrons. The van der Waals surface area contributed by atoms with Crippen molar-refractivity contribution in [2.24, 2.45) is 0 Å². The molecule has 0 unspecified atom stereocenters. The Morgan fingerprint density at radius 1 is 1.42 bits per heavy atom. The quantitative estimate of drug-likeness (QED) is 0.796. The zero-order chi connectivity index (χ0) is 14.6. The van der Waals surface area contributed by atoms with E-state index in [0.717, 1.165) is 17.5 Å². The van der Waals surface area contributed by atoms with Gasteiger partial charge in [-0.1, -0.05) is 18.5 Å². The van der Waals surface area contributed by atoms with Crippen LogP contribution in [0, 0.1) is 0 Å².